The van der Waals surface area contributed by atoms with Gasteiger partial charge in [-0.1, -0.05) is 30.3 Å². The zero-order valence-electron chi connectivity index (χ0n) is 19.9. The van der Waals surface area contributed by atoms with Crippen LogP contribution in [0.3, 0.4) is 0 Å². The lowest BCUT2D eigenvalue weighted by Crippen LogP contribution is -2.21. The lowest BCUT2D eigenvalue weighted by molar-refractivity contribution is -0.119. The number of anilines is 1. The predicted molar refractivity (Wildman–Crippen MR) is 145 cm³/mol. The number of esters is 1. The molecule has 0 unspecified atom stereocenters. The second-order valence-corrected chi connectivity index (χ2v) is 9.65. The van der Waals surface area contributed by atoms with Gasteiger partial charge in [-0.15, -0.1) is 22.7 Å². The Morgan fingerprint density at radius 1 is 0.919 bits per heavy atom. The molecule has 2 heterocycles. The first-order valence-electron chi connectivity index (χ1n) is 11.2. The third-order valence-corrected chi connectivity index (χ3v) is 7.26. The average Bonchev–Trinajstić information content (AvgIpc) is 3.58. The van der Waals surface area contributed by atoms with Crippen LogP contribution in [-0.2, 0) is 9.53 Å². The summed E-state index contributed by atoms with van der Waals surface area (Å²) in [6, 6.07) is 20.3. The summed E-state index contributed by atoms with van der Waals surface area (Å²) in [6.07, 6.45) is 0. The molecule has 8 nitrogen and oxygen atoms in total. The molecular weight excluding hydrogens is 510 g/mol. The standard InChI is InChI=1S/C27H21N3O5S2/c1-33-21-12-11-16(13-22(21)34-2)20-15-36-27(29-20)30-24(31)14-35-26(32)18-8-4-3-7-17(18)25-28-19-9-5-6-10-23(19)37-25/h3-13,15H,14H2,1-2H3,(H,29,30,31). The summed E-state index contributed by atoms with van der Waals surface area (Å²) in [5, 5.41) is 5.60. The normalized spacial score (nSPS) is 10.8. The SMILES string of the molecule is COc1ccc(-c2csc(NC(=O)COC(=O)c3ccccc3-c3nc4ccccc4s3)n2)cc1OC. The van der Waals surface area contributed by atoms with Gasteiger partial charge in [0.2, 0.25) is 0 Å². The first-order valence-corrected chi connectivity index (χ1v) is 12.8. The number of thiazole rings is 2. The van der Waals surface area contributed by atoms with E-state index in [4.69, 9.17) is 14.2 Å². The van der Waals surface area contributed by atoms with Crippen molar-refractivity contribution in [1.82, 2.24) is 9.97 Å². The minimum atomic E-state index is -0.602. The number of benzene rings is 3. The molecule has 0 bridgehead atoms. The van der Waals surface area contributed by atoms with E-state index in [-0.39, 0.29) is 0 Å². The molecule has 0 saturated carbocycles. The predicted octanol–water partition coefficient (Wildman–Crippen LogP) is 5.90. The van der Waals surface area contributed by atoms with Crippen LogP contribution in [0.25, 0.3) is 32.0 Å². The van der Waals surface area contributed by atoms with Gasteiger partial charge in [-0.3, -0.25) is 10.1 Å². The highest BCUT2D eigenvalue weighted by atomic mass is 32.1. The van der Waals surface area contributed by atoms with Crippen LogP contribution in [0.1, 0.15) is 10.4 Å². The van der Waals surface area contributed by atoms with Crippen molar-refractivity contribution in [3.63, 3.8) is 0 Å². The second kappa shape index (κ2) is 10.8. The fourth-order valence-electron chi connectivity index (χ4n) is 3.66. The molecule has 0 fully saturated rings. The maximum absolute atomic E-state index is 12.9. The number of para-hydroxylation sites is 1. The molecule has 2 aromatic heterocycles. The number of carbonyl (C=O) groups excluding carboxylic acids is 2. The topological polar surface area (TPSA) is 99.6 Å². The van der Waals surface area contributed by atoms with E-state index >= 15 is 0 Å². The van der Waals surface area contributed by atoms with Crippen molar-refractivity contribution in [2.24, 2.45) is 0 Å². The van der Waals surface area contributed by atoms with Crippen molar-refractivity contribution in [2.75, 3.05) is 26.1 Å². The molecule has 0 radical (unpaired) electrons. The van der Waals surface area contributed by atoms with E-state index in [0.29, 0.717) is 38.5 Å². The monoisotopic (exact) mass is 531 g/mol. The lowest BCUT2D eigenvalue weighted by Gasteiger charge is -2.08. The third kappa shape index (κ3) is 5.30. The highest BCUT2D eigenvalue weighted by molar-refractivity contribution is 7.21. The lowest BCUT2D eigenvalue weighted by atomic mass is 10.1. The number of ether oxygens (including phenoxy) is 3. The molecule has 1 amide bonds. The number of carbonyl (C=O) groups is 2. The highest BCUT2D eigenvalue weighted by Gasteiger charge is 2.18. The molecule has 37 heavy (non-hydrogen) atoms. The van der Waals surface area contributed by atoms with Crippen LogP contribution in [0.2, 0.25) is 0 Å². The Kier molecular flexibility index (Phi) is 7.11. The Labute approximate surface area is 220 Å². The van der Waals surface area contributed by atoms with Crippen LogP contribution in [-0.4, -0.2) is 42.7 Å². The summed E-state index contributed by atoms with van der Waals surface area (Å²) in [5.74, 6) is 0.104. The molecule has 10 heteroatoms. The highest BCUT2D eigenvalue weighted by Crippen LogP contribution is 2.34. The number of nitrogens with zero attached hydrogens (tertiary/aromatic N) is 2. The summed E-state index contributed by atoms with van der Waals surface area (Å²) in [5.41, 5.74) is 3.35. The molecule has 186 valence electrons. The van der Waals surface area contributed by atoms with Gasteiger partial charge in [-0.2, -0.15) is 0 Å². The average molecular weight is 532 g/mol. The fourth-order valence-corrected chi connectivity index (χ4v) is 5.40. The van der Waals surface area contributed by atoms with Crippen LogP contribution >= 0.6 is 22.7 Å². The van der Waals surface area contributed by atoms with Crippen LogP contribution in [0.5, 0.6) is 11.5 Å². The van der Waals surface area contributed by atoms with Crippen molar-refractivity contribution in [3.05, 3.63) is 77.7 Å². The smallest absolute Gasteiger partial charge is 0.339 e. The van der Waals surface area contributed by atoms with Crippen LogP contribution in [0.4, 0.5) is 5.13 Å². The van der Waals surface area contributed by atoms with E-state index < -0.39 is 18.5 Å². The first-order chi connectivity index (χ1) is 18.1. The quantitative estimate of drug-likeness (QED) is 0.249. The molecule has 0 aliphatic carbocycles. The summed E-state index contributed by atoms with van der Waals surface area (Å²) >= 11 is 2.76. The maximum atomic E-state index is 12.9. The largest absolute Gasteiger partial charge is 0.493 e. The Morgan fingerprint density at radius 2 is 1.70 bits per heavy atom. The summed E-state index contributed by atoms with van der Waals surface area (Å²) in [7, 11) is 3.13. The van der Waals surface area contributed by atoms with Gasteiger partial charge in [0.15, 0.2) is 23.2 Å². The van der Waals surface area contributed by atoms with Gasteiger partial charge in [-0.25, -0.2) is 14.8 Å². The van der Waals surface area contributed by atoms with Gasteiger partial charge in [0.05, 0.1) is 35.7 Å². The van der Waals surface area contributed by atoms with Crippen molar-refractivity contribution in [2.45, 2.75) is 0 Å². The second-order valence-electron chi connectivity index (χ2n) is 7.76. The zero-order valence-corrected chi connectivity index (χ0v) is 21.5. The molecule has 0 spiro atoms. The molecule has 5 aromatic rings. The fraction of sp³-hybridized carbons (Fsp3) is 0.111. The molecular formula is C27H21N3O5S2. The number of fused-ring (bicyclic) bond motifs is 1. The van der Waals surface area contributed by atoms with E-state index in [2.05, 4.69) is 15.3 Å². The number of hydrogen-bond acceptors (Lipinski definition) is 9. The molecule has 0 saturated heterocycles. The Morgan fingerprint density at radius 3 is 2.51 bits per heavy atom. The van der Waals surface area contributed by atoms with E-state index in [1.54, 1.807) is 32.4 Å². The van der Waals surface area contributed by atoms with E-state index in [1.807, 2.05) is 53.9 Å². The van der Waals surface area contributed by atoms with Crippen molar-refractivity contribution in [1.29, 1.82) is 0 Å². The minimum absolute atomic E-state index is 0.347. The molecule has 0 atom stereocenters. The summed E-state index contributed by atoms with van der Waals surface area (Å²) in [4.78, 5) is 34.4. The Bertz CT molecular complexity index is 1560. The molecule has 0 aliphatic heterocycles. The van der Waals surface area contributed by atoms with Crippen molar-refractivity contribution >= 4 is 49.9 Å². The van der Waals surface area contributed by atoms with Crippen LogP contribution in [0, 0.1) is 0 Å². The minimum Gasteiger partial charge on any atom is -0.493 e. The number of hydrogen-bond donors (Lipinski definition) is 1. The molecule has 0 aliphatic rings. The van der Waals surface area contributed by atoms with Gasteiger partial charge in [0.1, 0.15) is 5.01 Å². The number of aromatic nitrogens is 2. The van der Waals surface area contributed by atoms with Gasteiger partial charge in [0, 0.05) is 16.5 Å². The van der Waals surface area contributed by atoms with Gasteiger partial charge < -0.3 is 14.2 Å². The van der Waals surface area contributed by atoms with Crippen molar-refractivity contribution in [3.8, 4) is 33.3 Å². The molecule has 5 rings (SSSR count). The van der Waals surface area contributed by atoms with E-state index in [0.717, 1.165) is 15.8 Å². The summed E-state index contributed by atoms with van der Waals surface area (Å²) in [6.45, 7) is -0.446. The van der Waals surface area contributed by atoms with Gasteiger partial charge in [-0.05, 0) is 36.4 Å². The summed E-state index contributed by atoms with van der Waals surface area (Å²) < 4.78 is 16.9. The van der Waals surface area contributed by atoms with Gasteiger partial charge in [0.25, 0.3) is 5.91 Å². The third-order valence-electron chi connectivity index (χ3n) is 5.44. The van der Waals surface area contributed by atoms with Gasteiger partial charge >= 0.3 is 5.97 Å². The maximum Gasteiger partial charge on any atom is 0.339 e. The Hall–Kier alpha value is -4.28. The Balaban J connectivity index is 1.24. The number of nitrogens with one attached hydrogen (secondary N) is 1. The first kappa shape index (κ1) is 24.4. The van der Waals surface area contributed by atoms with E-state index in [9.17, 15) is 9.59 Å². The van der Waals surface area contributed by atoms with E-state index in [1.165, 1.54) is 22.7 Å². The molecule has 1 N–H and O–H groups in total. The number of methoxy groups -OCH3 is 2. The number of rotatable bonds is 8. The van der Waals surface area contributed by atoms with Crippen molar-refractivity contribution < 1.29 is 23.8 Å². The van der Waals surface area contributed by atoms with Crippen LogP contribution in [0.15, 0.2) is 72.1 Å². The molecule has 3 aromatic carbocycles. The van der Waals surface area contributed by atoms with Crippen LogP contribution < -0.4 is 14.8 Å². The zero-order chi connectivity index (χ0) is 25.8. The number of amides is 1.